The molecule has 0 aliphatic heterocycles. The number of carbonyl (C=O) groups excluding carboxylic acids is 1. The lowest BCUT2D eigenvalue weighted by atomic mass is 10.1. The van der Waals surface area contributed by atoms with Crippen LogP contribution in [-0.2, 0) is 0 Å². The topological polar surface area (TPSA) is 177 Å². The van der Waals surface area contributed by atoms with E-state index in [0.29, 0.717) is 0 Å². The summed E-state index contributed by atoms with van der Waals surface area (Å²) in [7, 11) is 0. The molecular weight excluding hydrogens is 372 g/mol. The van der Waals surface area contributed by atoms with Crippen molar-refractivity contribution in [3.63, 3.8) is 0 Å². The molecule has 1 heterocycles. The van der Waals surface area contributed by atoms with Crippen LogP contribution in [0.15, 0.2) is 30.6 Å². The first-order valence-corrected chi connectivity index (χ1v) is 7.92. The Morgan fingerprint density at radius 1 is 0.964 bits per heavy atom. The molecule has 0 saturated heterocycles. The zero-order chi connectivity index (χ0) is 20.9. The molecule has 2 aromatic rings. The SMILES string of the molecule is CC(C)(C)NNc1ncnc(NNC(=O)c2ccc([N+](=O)[O-])cc2)c1[N+](=O)[O-]. The molecule has 0 fully saturated rings. The van der Waals surface area contributed by atoms with Crippen LogP contribution in [0.5, 0.6) is 0 Å². The maximum atomic E-state index is 12.1. The molecule has 1 amide bonds. The Morgan fingerprint density at radius 2 is 1.54 bits per heavy atom. The number of nitrogens with one attached hydrogen (secondary N) is 4. The van der Waals surface area contributed by atoms with Crippen LogP contribution >= 0.6 is 0 Å². The molecule has 13 heteroatoms. The fourth-order valence-corrected chi connectivity index (χ4v) is 1.90. The lowest BCUT2D eigenvalue weighted by Gasteiger charge is -2.21. The zero-order valence-corrected chi connectivity index (χ0v) is 15.2. The molecule has 0 aliphatic carbocycles. The highest BCUT2D eigenvalue weighted by molar-refractivity contribution is 5.95. The molecule has 0 radical (unpaired) electrons. The van der Waals surface area contributed by atoms with E-state index in [-0.39, 0.29) is 22.9 Å². The van der Waals surface area contributed by atoms with Crippen molar-refractivity contribution in [1.29, 1.82) is 0 Å². The highest BCUT2D eigenvalue weighted by atomic mass is 16.6. The van der Waals surface area contributed by atoms with E-state index in [1.165, 1.54) is 24.3 Å². The van der Waals surface area contributed by atoms with Crippen LogP contribution in [0.4, 0.5) is 23.0 Å². The first-order valence-electron chi connectivity index (χ1n) is 7.92. The Bertz CT molecular complexity index is 894. The third-order valence-electron chi connectivity index (χ3n) is 3.20. The first kappa shape index (κ1) is 20.4. The monoisotopic (exact) mass is 390 g/mol. The van der Waals surface area contributed by atoms with Crippen LogP contribution in [-0.4, -0.2) is 31.3 Å². The Kier molecular flexibility index (Phi) is 6.00. The van der Waals surface area contributed by atoms with Gasteiger partial charge in [0.2, 0.25) is 11.6 Å². The van der Waals surface area contributed by atoms with Crippen molar-refractivity contribution >= 4 is 28.9 Å². The molecule has 2 rings (SSSR count). The molecule has 1 aromatic heterocycles. The Hall–Kier alpha value is -3.87. The number of benzene rings is 1. The molecule has 0 saturated carbocycles. The summed E-state index contributed by atoms with van der Waals surface area (Å²) in [6.07, 6.45) is 1.08. The number of hydrazine groups is 2. The summed E-state index contributed by atoms with van der Waals surface area (Å²) < 4.78 is 0. The van der Waals surface area contributed by atoms with Crippen molar-refractivity contribution in [2.75, 3.05) is 10.9 Å². The smallest absolute Gasteiger partial charge is 0.299 e. The molecule has 1 aromatic carbocycles. The van der Waals surface area contributed by atoms with Gasteiger partial charge >= 0.3 is 5.69 Å². The number of nitrogens with zero attached hydrogens (tertiary/aromatic N) is 4. The quantitative estimate of drug-likeness (QED) is 0.402. The number of nitro benzene ring substituents is 1. The minimum Gasteiger partial charge on any atom is -0.299 e. The fraction of sp³-hybridized carbons (Fsp3) is 0.267. The Balaban J connectivity index is 2.15. The van der Waals surface area contributed by atoms with Crippen molar-refractivity contribution in [2.24, 2.45) is 0 Å². The molecular formula is C15H18N8O5. The normalized spacial score (nSPS) is 10.8. The second-order valence-electron chi connectivity index (χ2n) is 6.56. The second kappa shape index (κ2) is 8.22. The third-order valence-corrected chi connectivity index (χ3v) is 3.20. The number of aromatic nitrogens is 2. The largest absolute Gasteiger partial charge is 0.356 e. The van der Waals surface area contributed by atoms with Crippen molar-refractivity contribution in [2.45, 2.75) is 26.3 Å². The summed E-state index contributed by atoms with van der Waals surface area (Å²) in [6.45, 7) is 5.53. The molecule has 0 bridgehead atoms. The molecule has 0 unspecified atom stereocenters. The molecule has 13 nitrogen and oxygen atoms in total. The zero-order valence-electron chi connectivity index (χ0n) is 15.2. The van der Waals surface area contributed by atoms with Crippen molar-refractivity contribution in [3.05, 3.63) is 56.4 Å². The minimum absolute atomic E-state index is 0.0954. The summed E-state index contributed by atoms with van der Waals surface area (Å²) in [5.41, 5.74) is 9.20. The van der Waals surface area contributed by atoms with E-state index in [9.17, 15) is 25.0 Å². The maximum absolute atomic E-state index is 12.1. The number of hydrogen-bond donors (Lipinski definition) is 4. The summed E-state index contributed by atoms with van der Waals surface area (Å²) >= 11 is 0. The standard InChI is InChI=1S/C15H18N8O5/c1-15(2,3)21-19-13-11(23(27)28)12(16-8-17-13)18-20-14(24)9-4-6-10(7-5-9)22(25)26/h4-8,21H,1-3H3,(H,20,24)(H2,16,17,18,19). The first-order chi connectivity index (χ1) is 13.1. The van der Waals surface area contributed by atoms with Gasteiger partial charge in [-0.1, -0.05) is 0 Å². The van der Waals surface area contributed by atoms with E-state index in [1.807, 2.05) is 20.8 Å². The van der Waals surface area contributed by atoms with Crippen molar-refractivity contribution in [1.82, 2.24) is 20.8 Å². The van der Waals surface area contributed by atoms with Crippen LogP contribution in [0.25, 0.3) is 0 Å². The molecule has 4 N–H and O–H groups in total. The molecule has 28 heavy (non-hydrogen) atoms. The van der Waals surface area contributed by atoms with Crippen LogP contribution in [0.1, 0.15) is 31.1 Å². The number of hydrogen-bond acceptors (Lipinski definition) is 10. The van der Waals surface area contributed by atoms with E-state index in [0.717, 1.165) is 6.33 Å². The Morgan fingerprint density at radius 3 is 2.04 bits per heavy atom. The van der Waals surface area contributed by atoms with Gasteiger partial charge in [-0.25, -0.2) is 15.4 Å². The lowest BCUT2D eigenvalue weighted by Crippen LogP contribution is -2.40. The van der Waals surface area contributed by atoms with Gasteiger partial charge in [0, 0.05) is 23.2 Å². The molecule has 148 valence electrons. The van der Waals surface area contributed by atoms with E-state index < -0.39 is 27.0 Å². The van der Waals surface area contributed by atoms with Crippen LogP contribution in [0, 0.1) is 20.2 Å². The molecule has 0 atom stereocenters. The van der Waals surface area contributed by atoms with Crippen LogP contribution in [0.2, 0.25) is 0 Å². The average molecular weight is 390 g/mol. The summed E-state index contributed by atoms with van der Waals surface area (Å²) in [4.78, 5) is 40.5. The number of rotatable bonds is 7. The van der Waals surface area contributed by atoms with Crippen LogP contribution < -0.4 is 21.7 Å². The van der Waals surface area contributed by atoms with E-state index in [4.69, 9.17) is 0 Å². The van der Waals surface area contributed by atoms with Gasteiger partial charge in [-0.05, 0) is 32.9 Å². The molecule has 0 aliphatic rings. The number of anilines is 2. The van der Waals surface area contributed by atoms with Gasteiger partial charge in [-0.2, -0.15) is 0 Å². The summed E-state index contributed by atoms with van der Waals surface area (Å²) in [6, 6.07) is 4.85. The summed E-state index contributed by atoms with van der Waals surface area (Å²) in [5.74, 6) is -0.999. The van der Waals surface area contributed by atoms with Gasteiger partial charge in [0.1, 0.15) is 6.33 Å². The predicted octanol–water partition coefficient (Wildman–Crippen LogP) is 1.76. The maximum Gasteiger partial charge on any atom is 0.356 e. The average Bonchev–Trinajstić information content (AvgIpc) is 2.63. The molecule has 0 spiro atoms. The fourth-order valence-electron chi connectivity index (χ4n) is 1.90. The lowest BCUT2D eigenvalue weighted by molar-refractivity contribution is -0.384. The minimum atomic E-state index is -0.701. The number of non-ortho nitro benzene ring substituents is 1. The van der Waals surface area contributed by atoms with E-state index >= 15 is 0 Å². The van der Waals surface area contributed by atoms with Gasteiger partial charge in [-0.3, -0.25) is 41.3 Å². The van der Waals surface area contributed by atoms with Crippen LogP contribution in [0.3, 0.4) is 0 Å². The van der Waals surface area contributed by atoms with E-state index in [2.05, 4.69) is 31.7 Å². The second-order valence-corrected chi connectivity index (χ2v) is 6.56. The van der Waals surface area contributed by atoms with Crippen molar-refractivity contribution < 1.29 is 14.6 Å². The third kappa shape index (κ3) is 5.31. The van der Waals surface area contributed by atoms with Gasteiger partial charge < -0.3 is 0 Å². The van der Waals surface area contributed by atoms with Gasteiger partial charge in [0.25, 0.3) is 11.6 Å². The number of carbonyl (C=O) groups is 1. The number of nitro groups is 2. The highest BCUT2D eigenvalue weighted by Gasteiger charge is 2.24. The Labute approximate surface area is 158 Å². The predicted molar refractivity (Wildman–Crippen MR) is 99.4 cm³/mol. The van der Waals surface area contributed by atoms with Gasteiger partial charge in [0.05, 0.1) is 9.85 Å². The van der Waals surface area contributed by atoms with Gasteiger partial charge in [0.15, 0.2) is 0 Å². The van der Waals surface area contributed by atoms with Crippen molar-refractivity contribution in [3.8, 4) is 0 Å². The highest BCUT2D eigenvalue weighted by Crippen LogP contribution is 2.28. The van der Waals surface area contributed by atoms with E-state index in [1.54, 1.807) is 0 Å². The van der Waals surface area contributed by atoms with Gasteiger partial charge in [-0.15, -0.1) is 0 Å². The number of amides is 1. The summed E-state index contributed by atoms with van der Waals surface area (Å²) in [5, 5.41) is 22.1.